The second kappa shape index (κ2) is 5.60. The van der Waals surface area contributed by atoms with Gasteiger partial charge in [-0.2, -0.15) is 0 Å². The molecule has 0 aromatic heterocycles. The Kier molecular flexibility index (Phi) is 3.88. The molecule has 4 amide bonds. The molecule has 1 saturated heterocycles. The zero-order chi connectivity index (χ0) is 14.7. The van der Waals surface area contributed by atoms with Gasteiger partial charge in [-0.25, -0.2) is 4.79 Å². The lowest BCUT2D eigenvalue weighted by atomic mass is 10.1. The third-order valence-corrected chi connectivity index (χ3v) is 3.06. The number of nitrogens with two attached hydrogens (primary N) is 1. The Morgan fingerprint density at radius 2 is 2.05 bits per heavy atom. The maximum absolute atomic E-state index is 12.2. The molecule has 0 aliphatic carbocycles. The Hall–Kier alpha value is -2.57. The van der Waals surface area contributed by atoms with Crippen molar-refractivity contribution in [3.8, 4) is 0 Å². The van der Waals surface area contributed by atoms with E-state index in [0.717, 1.165) is 0 Å². The van der Waals surface area contributed by atoms with Gasteiger partial charge in [-0.05, 0) is 30.7 Å². The van der Waals surface area contributed by atoms with Gasteiger partial charge in [0.1, 0.15) is 12.6 Å². The fraction of sp³-hybridized carbons (Fsp3) is 0.308. The number of imide groups is 1. The highest BCUT2D eigenvalue weighted by atomic mass is 16.2. The molecule has 106 valence electrons. The number of nitrogens with zero attached hydrogens (tertiary/aromatic N) is 1. The number of rotatable bonds is 2. The number of carbonyl (C=O) groups excluding carboxylic acids is 3. The lowest BCUT2D eigenvalue weighted by Gasteiger charge is -2.33. The maximum Gasteiger partial charge on any atom is 0.323 e. The molecule has 20 heavy (non-hydrogen) atoms. The van der Waals surface area contributed by atoms with Crippen LogP contribution in [0, 0.1) is 0 Å². The van der Waals surface area contributed by atoms with E-state index < -0.39 is 23.9 Å². The average Bonchev–Trinajstić information content (AvgIpc) is 2.40. The quantitative estimate of drug-likeness (QED) is 0.541. The van der Waals surface area contributed by atoms with Gasteiger partial charge in [0.15, 0.2) is 0 Å². The van der Waals surface area contributed by atoms with Crippen molar-refractivity contribution in [3.63, 3.8) is 0 Å². The topological polar surface area (TPSA) is 105 Å². The van der Waals surface area contributed by atoms with E-state index in [0.29, 0.717) is 17.8 Å². The summed E-state index contributed by atoms with van der Waals surface area (Å²) in [6.45, 7) is 1.65. The maximum atomic E-state index is 12.2. The van der Waals surface area contributed by atoms with Crippen LogP contribution in [0.2, 0.25) is 0 Å². The molecule has 1 atom stereocenters. The number of nitrogen functional groups attached to an aromatic ring is 1. The lowest BCUT2D eigenvalue weighted by molar-refractivity contribution is -0.138. The van der Waals surface area contributed by atoms with E-state index in [-0.39, 0.29) is 6.54 Å². The van der Waals surface area contributed by atoms with Gasteiger partial charge in [0, 0.05) is 11.4 Å². The minimum Gasteiger partial charge on any atom is -0.399 e. The fourth-order valence-electron chi connectivity index (χ4n) is 2.05. The lowest BCUT2D eigenvalue weighted by Crippen LogP contribution is -2.60. The van der Waals surface area contributed by atoms with Gasteiger partial charge in [-0.1, -0.05) is 6.92 Å². The van der Waals surface area contributed by atoms with Crippen LogP contribution >= 0.6 is 0 Å². The molecule has 2 rings (SSSR count). The second-order valence-electron chi connectivity index (χ2n) is 4.52. The molecule has 4 N–H and O–H groups in total. The second-order valence-corrected chi connectivity index (χ2v) is 4.52. The zero-order valence-corrected chi connectivity index (χ0v) is 11.1. The van der Waals surface area contributed by atoms with Crippen LogP contribution in [0.15, 0.2) is 24.3 Å². The van der Waals surface area contributed by atoms with Crippen molar-refractivity contribution in [1.29, 1.82) is 0 Å². The molecule has 1 aromatic carbocycles. The highest BCUT2D eigenvalue weighted by Gasteiger charge is 2.35. The molecule has 1 aliphatic heterocycles. The van der Waals surface area contributed by atoms with Crippen molar-refractivity contribution in [2.75, 3.05) is 17.6 Å². The first-order chi connectivity index (χ1) is 9.51. The van der Waals surface area contributed by atoms with Gasteiger partial charge in [0.05, 0.1) is 0 Å². The predicted molar refractivity (Wildman–Crippen MR) is 73.8 cm³/mol. The Balaban J connectivity index is 2.11. The van der Waals surface area contributed by atoms with E-state index in [1.807, 2.05) is 0 Å². The summed E-state index contributed by atoms with van der Waals surface area (Å²) in [6, 6.07) is 5.49. The predicted octanol–water partition coefficient (Wildman–Crippen LogP) is 0.538. The van der Waals surface area contributed by atoms with Gasteiger partial charge in [0.2, 0.25) is 11.8 Å². The minimum atomic E-state index is -0.638. The fourth-order valence-corrected chi connectivity index (χ4v) is 2.05. The van der Waals surface area contributed by atoms with Gasteiger partial charge >= 0.3 is 6.03 Å². The number of nitrogens with one attached hydrogen (secondary N) is 2. The van der Waals surface area contributed by atoms with Gasteiger partial charge in [0.25, 0.3) is 0 Å². The molecular formula is C13H16N4O3. The summed E-state index contributed by atoms with van der Waals surface area (Å²) in [7, 11) is 0. The normalized spacial score (nSPS) is 18.6. The van der Waals surface area contributed by atoms with Crippen molar-refractivity contribution in [2.45, 2.75) is 19.4 Å². The minimum absolute atomic E-state index is 0.134. The molecule has 0 bridgehead atoms. The molecule has 1 fully saturated rings. The van der Waals surface area contributed by atoms with E-state index in [1.54, 1.807) is 31.2 Å². The summed E-state index contributed by atoms with van der Waals surface area (Å²) in [5.74, 6) is -0.927. The first-order valence-corrected chi connectivity index (χ1v) is 6.28. The highest BCUT2D eigenvalue weighted by Crippen LogP contribution is 2.14. The van der Waals surface area contributed by atoms with E-state index >= 15 is 0 Å². The Labute approximate surface area is 116 Å². The molecule has 1 heterocycles. The summed E-state index contributed by atoms with van der Waals surface area (Å²) < 4.78 is 0. The van der Waals surface area contributed by atoms with Crippen LogP contribution in [0.3, 0.4) is 0 Å². The van der Waals surface area contributed by atoms with Gasteiger partial charge in [-0.3, -0.25) is 14.9 Å². The molecule has 0 spiro atoms. The zero-order valence-electron chi connectivity index (χ0n) is 11.1. The standard InChI is InChI=1S/C13H16N4O3/c1-2-10-12(19)16-11(18)7-17(10)13(20)15-9-5-3-8(14)4-6-9/h3-6,10H,2,7,14H2,1H3,(H,15,20)(H,16,18,19). The van der Waals surface area contributed by atoms with Crippen LogP contribution in [0.25, 0.3) is 0 Å². The summed E-state index contributed by atoms with van der Waals surface area (Å²) in [4.78, 5) is 36.5. The van der Waals surface area contributed by atoms with Gasteiger partial charge < -0.3 is 16.0 Å². The molecule has 1 aliphatic rings. The number of urea groups is 1. The van der Waals surface area contributed by atoms with Crippen LogP contribution in [0.5, 0.6) is 0 Å². The van der Waals surface area contributed by atoms with Gasteiger partial charge in [-0.15, -0.1) is 0 Å². The number of amides is 4. The molecule has 0 saturated carbocycles. The third-order valence-electron chi connectivity index (χ3n) is 3.06. The monoisotopic (exact) mass is 276 g/mol. The molecule has 7 nitrogen and oxygen atoms in total. The first-order valence-electron chi connectivity index (χ1n) is 6.28. The van der Waals surface area contributed by atoms with Crippen molar-refractivity contribution in [3.05, 3.63) is 24.3 Å². The van der Waals surface area contributed by atoms with E-state index in [9.17, 15) is 14.4 Å². The highest BCUT2D eigenvalue weighted by molar-refractivity contribution is 6.05. The van der Waals surface area contributed by atoms with Crippen molar-refractivity contribution >= 4 is 29.2 Å². The Morgan fingerprint density at radius 3 is 2.65 bits per heavy atom. The SMILES string of the molecule is CCC1C(=O)NC(=O)CN1C(=O)Nc1ccc(N)cc1. The molecule has 1 aromatic rings. The summed E-state index contributed by atoms with van der Waals surface area (Å²) >= 11 is 0. The Morgan fingerprint density at radius 1 is 1.40 bits per heavy atom. The van der Waals surface area contributed by atoms with E-state index in [1.165, 1.54) is 4.90 Å². The van der Waals surface area contributed by atoms with Crippen LogP contribution < -0.4 is 16.4 Å². The molecule has 1 unspecified atom stereocenters. The summed E-state index contributed by atoms with van der Waals surface area (Å²) in [5.41, 5.74) is 6.70. The molecule has 7 heteroatoms. The average molecular weight is 276 g/mol. The Bertz CT molecular complexity index is 541. The number of hydrogen-bond acceptors (Lipinski definition) is 4. The van der Waals surface area contributed by atoms with E-state index in [4.69, 9.17) is 5.73 Å². The summed E-state index contributed by atoms with van der Waals surface area (Å²) in [5, 5.41) is 4.86. The largest absolute Gasteiger partial charge is 0.399 e. The first kappa shape index (κ1) is 13.9. The molecular weight excluding hydrogens is 260 g/mol. The van der Waals surface area contributed by atoms with Crippen molar-refractivity contribution < 1.29 is 14.4 Å². The smallest absolute Gasteiger partial charge is 0.323 e. The van der Waals surface area contributed by atoms with Crippen LogP contribution in [-0.4, -0.2) is 35.3 Å². The van der Waals surface area contributed by atoms with Crippen molar-refractivity contribution in [1.82, 2.24) is 10.2 Å². The van der Waals surface area contributed by atoms with E-state index in [2.05, 4.69) is 10.6 Å². The van der Waals surface area contributed by atoms with Crippen LogP contribution in [0.4, 0.5) is 16.2 Å². The number of carbonyl (C=O) groups is 3. The number of anilines is 2. The third kappa shape index (κ3) is 2.87. The van der Waals surface area contributed by atoms with Crippen LogP contribution in [-0.2, 0) is 9.59 Å². The number of hydrogen-bond donors (Lipinski definition) is 3. The summed E-state index contributed by atoms with van der Waals surface area (Å²) in [6.07, 6.45) is 0.439. The van der Waals surface area contributed by atoms with Crippen LogP contribution in [0.1, 0.15) is 13.3 Å². The van der Waals surface area contributed by atoms with Crippen molar-refractivity contribution in [2.24, 2.45) is 0 Å². The number of benzene rings is 1. The number of piperazine rings is 1. The molecule has 0 radical (unpaired) electrons.